The Morgan fingerprint density at radius 3 is 2.31 bits per heavy atom. The van der Waals surface area contributed by atoms with Gasteiger partial charge in [0.25, 0.3) is 0 Å². The highest BCUT2D eigenvalue weighted by atomic mass is 31.2. The number of H-pyrrole nitrogens is 1. The van der Waals surface area contributed by atoms with Crippen molar-refractivity contribution < 1.29 is 19.5 Å². The summed E-state index contributed by atoms with van der Waals surface area (Å²) in [5.41, 5.74) is 6.58. The molecule has 0 aliphatic carbocycles. The first kappa shape index (κ1) is 24.7. The number of anilines is 1. The molecule has 0 amide bonds. The van der Waals surface area contributed by atoms with E-state index in [4.69, 9.17) is 4.98 Å². The molecule has 0 bridgehead atoms. The van der Waals surface area contributed by atoms with E-state index < -0.39 is 7.60 Å². The van der Waals surface area contributed by atoms with Crippen molar-refractivity contribution in [3.63, 3.8) is 0 Å². The molecule has 0 atom stereocenters. The van der Waals surface area contributed by atoms with Gasteiger partial charge < -0.3 is 24.8 Å². The predicted octanol–water partition coefficient (Wildman–Crippen LogP) is 4.72. The summed E-state index contributed by atoms with van der Waals surface area (Å²) in [6.07, 6.45) is 0.872. The summed E-state index contributed by atoms with van der Waals surface area (Å²) in [6.45, 7) is 3.83. The largest absolute Gasteiger partial charge is 0.507 e. The topological polar surface area (TPSA) is 110 Å². The monoisotopic (exact) mass is 491 g/mol. The molecule has 4 aromatic rings. The Balaban J connectivity index is 1.78. The van der Waals surface area contributed by atoms with Crippen molar-refractivity contribution in [2.24, 2.45) is 0 Å². The van der Waals surface area contributed by atoms with Gasteiger partial charge in [-0.25, -0.2) is 4.98 Å². The summed E-state index contributed by atoms with van der Waals surface area (Å²) < 4.78 is 12.0. The van der Waals surface area contributed by atoms with Crippen LogP contribution in [0.15, 0.2) is 60.7 Å². The highest BCUT2D eigenvalue weighted by molar-refractivity contribution is 7.60. The zero-order valence-corrected chi connectivity index (χ0v) is 21.2. The fraction of sp³-hybridized carbons (Fsp3) is 0.222. The molecule has 0 unspecified atom stereocenters. The van der Waals surface area contributed by atoms with Crippen molar-refractivity contribution in [1.29, 1.82) is 0 Å². The smallest absolute Gasteiger partial charge is 0.356 e. The molecule has 8 heteroatoms. The number of phenols is 1. The van der Waals surface area contributed by atoms with Gasteiger partial charge in [0.1, 0.15) is 11.6 Å². The highest BCUT2D eigenvalue weighted by Crippen LogP contribution is 2.36. The van der Waals surface area contributed by atoms with Crippen LogP contribution in [-0.2, 0) is 17.4 Å². The molecule has 1 heterocycles. The molecule has 0 saturated carbocycles. The van der Waals surface area contributed by atoms with E-state index in [0.717, 1.165) is 33.8 Å². The van der Waals surface area contributed by atoms with Crippen molar-refractivity contribution in [3.05, 3.63) is 83.0 Å². The Kier molecular flexibility index (Phi) is 6.86. The van der Waals surface area contributed by atoms with Gasteiger partial charge in [0.15, 0.2) is 0 Å². The van der Waals surface area contributed by atoms with Crippen LogP contribution in [0.4, 0.5) is 5.69 Å². The molecule has 1 aromatic heterocycles. The fourth-order valence-electron chi connectivity index (χ4n) is 4.28. The number of hydrogen-bond donors (Lipinski definition) is 4. The maximum atomic E-state index is 12.0. The van der Waals surface area contributed by atoms with E-state index >= 15 is 0 Å². The van der Waals surface area contributed by atoms with Crippen LogP contribution in [0.5, 0.6) is 5.75 Å². The normalized spacial score (nSPS) is 11.6. The minimum atomic E-state index is -4.39. The van der Waals surface area contributed by atoms with Gasteiger partial charge in [-0.15, -0.1) is 0 Å². The first-order chi connectivity index (χ1) is 16.5. The van der Waals surface area contributed by atoms with Crippen molar-refractivity contribution in [1.82, 2.24) is 9.97 Å². The molecule has 3 aromatic carbocycles. The highest BCUT2D eigenvalue weighted by Gasteiger charge is 2.22. The van der Waals surface area contributed by atoms with Gasteiger partial charge in [-0.2, -0.15) is 0 Å². The Morgan fingerprint density at radius 1 is 0.971 bits per heavy atom. The van der Waals surface area contributed by atoms with Crippen LogP contribution in [0.1, 0.15) is 22.4 Å². The Bertz CT molecular complexity index is 1400. The SMILES string of the molecule is Cc1cc(C)c(O)c(-c2nc(CCc3ccccc3P(=O)(O)O)c(-c3ccc(N(C)C)cc3)[nH]2)c1. The quantitative estimate of drug-likeness (QED) is 0.279. The molecule has 4 N–H and O–H groups in total. The number of aromatic amines is 1. The number of rotatable bonds is 7. The predicted molar refractivity (Wildman–Crippen MR) is 140 cm³/mol. The third-order valence-corrected chi connectivity index (χ3v) is 7.15. The third kappa shape index (κ3) is 5.33. The van der Waals surface area contributed by atoms with Crippen LogP contribution in [0, 0.1) is 13.8 Å². The Morgan fingerprint density at radius 2 is 1.66 bits per heavy atom. The van der Waals surface area contributed by atoms with Crippen LogP contribution >= 0.6 is 7.60 Å². The number of phenolic OH excluding ortho intramolecular Hbond substituents is 1. The second-order valence-electron chi connectivity index (χ2n) is 9.00. The molecule has 0 fully saturated rings. The molecule has 0 spiro atoms. The molecular weight excluding hydrogens is 461 g/mol. The van der Waals surface area contributed by atoms with Gasteiger partial charge in [-0.05, 0) is 73.2 Å². The van der Waals surface area contributed by atoms with Crippen LogP contribution in [0.25, 0.3) is 22.6 Å². The average molecular weight is 492 g/mol. The summed E-state index contributed by atoms with van der Waals surface area (Å²) in [4.78, 5) is 29.8. The lowest BCUT2D eigenvalue weighted by Crippen LogP contribution is -2.11. The van der Waals surface area contributed by atoms with Crippen molar-refractivity contribution in [2.75, 3.05) is 19.0 Å². The number of nitrogens with one attached hydrogen (secondary N) is 1. The summed E-state index contributed by atoms with van der Waals surface area (Å²) >= 11 is 0. The molecule has 0 radical (unpaired) electrons. The first-order valence-electron chi connectivity index (χ1n) is 11.4. The maximum absolute atomic E-state index is 12.0. The summed E-state index contributed by atoms with van der Waals surface area (Å²) in [6, 6.07) is 18.5. The number of benzene rings is 3. The van der Waals surface area contributed by atoms with Gasteiger partial charge in [0.2, 0.25) is 0 Å². The van der Waals surface area contributed by atoms with Crippen LogP contribution < -0.4 is 10.2 Å². The van der Waals surface area contributed by atoms with Gasteiger partial charge in [-0.3, -0.25) is 4.57 Å². The zero-order chi connectivity index (χ0) is 25.3. The van der Waals surface area contributed by atoms with Crippen molar-refractivity contribution in [2.45, 2.75) is 26.7 Å². The van der Waals surface area contributed by atoms with E-state index in [2.05, 4.69) is 4.98 Å². The third-order valence-electron chi connectivity index (χ3n) is 6.09. The lowest BCUT2D eigenvalue weighted by Gasteiger charge is -2.13. The summed E-state index contributed by atoms with van der Waals surface area (Å²) in [5.74, 6) is 0.733. The van der Waals surface area contributed by atoms with Crippen LogP contribution in [0.2, 0.25) is 0 Å². The number of nitrogens with zero attached hydrogens (tertiary/aromatic N) is 2. The van der Waals surface area contributed by atoms with Gasteiger partial charge in [0, 0.05) is 19.8 Å². The first-order valence-corrected chi connectivity index (χ1v) is 13.0. The number of imidazole rings is 1. The Hall–Kier alpha value is -3.38. The maximum Gasteiger partial charge on any atom is 0.356 e. The Labute approximate surface area is 205 Å². The van der Waals surface area contributed by atoms with Crippen molar-refractivity contribution >= 4 is 18.6 Å². The second-order valence-corrected chi connectivity index (χ2v) is 10.6. The van der Waals surface area contributed by atoms with E-state index in [0.29, 0.717) is 29.8 Å². The molecule has 35 heavy (non-hydrogen) atoms. The average Bonchev–Trinajstić information content (AvgIpc) is 3.23. The molecule has 0 saturated heterocycles. The zero-order valence-electron chi connectivity index (χ0n) is 20.3. The minimum Gasteiger partial charge on any atom is -0.507 e. The van der Waals surface area contributed by atoms with Gasteiger partial charge in [0.05, 0.1) is 22.3 Å². The second kappa shape index (κ2) is 9.70. The van der Waals surface area contributed by atoms with Crippen LogP contribution in [-0.4, -0.2) is 39.0 Å². The molecule has 0 aliphatic rings. The van der Waals surface area contributed by atoms with E-state index in [1.54, 1.807) is 18.2 Å². The molecule has 7 nitrogen and oxygen atoms in total. The summed E-state index contributed by atoms with van der Waals surface area (Å²) in [5, 5.41) is 10.8. The number of hydrogen-bond acceptors (Lipinski definition) is 4. The molecule has 0 aliphatic heterocycles. The number of aryl methyl sites for hydroxylation is 4. The lowest BCUT2D eigenvalue weighted by atomic mass is 10.0. The van der Waals surface area contributed by atoms with Crippen molar-refractivity contribution in [3.8, 4) is 28.4 Å². The van der Waals surface area contributed by atoms with Gasteiger partial charge in [-0.1, -0.05) is 36.4 Å². The molecule has 182 valence electrons. The summed E-state index contributed by atoms with van der Waals surface area (Å²) in [7, 11) is -0.424. The van der Waals surface area contributed by atoms with E-state index in [9.17, 15) is 19.5 Å². The lowest BCUT2D eigenvalue weighted by molar-refractivity contribution is 0.387. The van der Waals surface area contributed by atoms with E-state index in [-0.39, 0.29) is 11.1 Å². The number of aromatic hydroxyl groups is 1. The van der Waals surface area contributed by atoms with E-state index in [1.165, 1.54) is 6.07 Å². The fourth-order valence-corrected chi connectivity index (χ4v) is 5.12. The molecule has 4 rings (SSSR count). The standard InChI is InChI=1S/C27H30N3O4P/c1-17-15-18(2)26(31)22(16-17)27-28-23(14-11-19-7-5-6-8-24(19)35(32,33)34)25(29-27)20-9-12-21(13-10-20)30(3)4/h5-10,12-13,15-16,31H,11,14H2,1-4H3,(H,28,29)(H2,32,33,34). The van der Waals surface area contributed by atoms with E-state index in [1.807, 2.05) is 69.2 Å². The minimum absolute atomic E-state index is 0.0413. The number of aromatic nitrogens is 2. The van der Waals surface area contributed by atoms with Crippen LogP contribution in [0.3, 0.4) is 0 Å². The van der Waals surface area contributed by atoms with Gasteiger partial charge >= 0.3 is 7.60 Å². The molecular formula is C27H30N3O4P.